The average Bonchev–Trinajstić information content (AvgIpc) is 2.40. The summed E-state index contributed by atoms with van der Waals surface area (Å²) in [7, 11) is 4.45. The molecule has 1 fully saturated rings. The zero-order valence-electron chi connectivity index (χ0n) is 14.9. The molecular weight excluding hydrogens is 254 g/mol. The molecule has 1 aromatic rings. The number of hydrogen-bond acceptors (Lipinski definition) is 1. The smallest absolute Gasteiger partial charge is 0.00893 e. The van der Waals surface area contributed by atoms with Gasteiger partial charge >= 0.3 is 0 Å². The van der Waals surface area contributed by atoms with E-state index in [-0.39, 0.29) is 5.41 Å². The van der Waals surface area contributed by atoms with Gasteiger partial charge in [-0.25, -0.2) is 0 Å². The van der Waals surface area contributed by atoms with E-state index in [1.807, 2.05) is 0 Å². The van der Waals surface area contributed by atoms with Gasteiger partial charge in [0.2, 0.25) is 0 Å². The predicted octanol–water partition coefficient (Wildman–Crippen LogP) is 4.96. The lowest BCUT2D eigenvalue weighted by molar-refractivity contribution is 0.193. The van der Waals surface area contributed by atoms with Gasteiger partial charge in [-0.15, -0.1) is 0 Å². The average molecular weight is 287 g/mol. The Morgan fingerprint density at radius 3 is 2.19 bits per heavy atom. The maximum atomic E-state index is 2.47. The van der Waals surface area contributed by atoms with Gasteiger partial charge in [0.05, 0.1) is 0 Å². The summed E-state index contributed by atoms with van der Waals surface area (Å²) in [6.45, 7) is 9.20. The quantitative estimate of drug-likeness (QED) is 0.760. The summed E-state index contributed by atoms with van der Waals surface area (Å²) in [5, 5.41) is 0. The van der Waals surface area contributed by atoms with Crippen LogP contribution in [0.3, 0.4) is 0 Å². The van der Waals surface area contributed by atoms with E-state index in [2.05, 4.69) is 64.9 Å². The van der Waals surface area contributed by atoms with Crippen molar-refractivity contribution in [3.63, 3.8) is 0 Å². The molecule has 1 nitrogen and oxygen atoms in total. The fourth-order valence-corrected chi connectivity index (χ4v) is 3.53. The molecule has 0 aliphatic heterocycles. The van der Waals surface area contributed by atoms with Crippen LogP contribution in [0.25, 0.3) is 0 Å². The molecule has 0 aromatic heterocycles. The zero-order valence-corrected chi connectivity index (χ0v) is 14.9. The Hall–Kier alpha value is -0.820. The van der Waals surface area contributed by atoms with Crippen LogP contribution in [0.5, 0.6) is 0 Å². The molecule has 1 saturated carbocycles. The van der Waals surface area contributed by atoms with Gasteiger partial charge in [0.25, 0.3) is 0 Å². The van der Waals surface area contributed by atoms with Gasteiger partial charge in [0.1, 0.15) is 0 Å². The molecule has 0 N–H and O–H groups in total. The van der Waals surface area contributed by atoms with Gasteiger partial charge in [-0.2, -0.15) is 0 Å². The lowest BCUT2D eigenvalue weighted by atomic mass is 9.79. The maximum Gasteiger partial charge on any atom is 0.00893 e. The summed E-state index contributed by atoms with van der Waals surface area (Å²) in [6.07, 6.45) is 6.80. The van der Waals surface area contributed by atoms with Crippen molar-refractivity contribution in [2.75, 3.05) is 14.1 Å². The maximum absolute atomic E-state index is 2.47. The van der Waals surface area contributed by atoms with E-state index in [0.29, 0.717) is 0 Å². The number of nitrogens with zero attached hydrogens (tertiary/aromatic N) is 1. The number of rotatable bonds is 3. The molecule has 0 amide bonds. The monoisotopic (exact) mass is 287 g/mol. The minimum atomic E-state index is 0.255. The van der Waals surface area contributed by atoms with Crippen LogP contribution in [0.2, 0.25) is 0 Å². The summed E-state index contributed by atoms with van der Waals surface area (Å²) in [5.74, 6) is 0.884. The highest BCUT2D eigenvalue weighted by Gasteiger charge is 2.23. The molecule has 0 heterocycles. The van der Waals surface area contributed by atoms with Crippen LogP contribution in [0.4, 0.5) is 0 Å². The first-order valence-electron chi connectivity index (χ1n) is 8.54. The Balaban J connectivity index is 2.03. The second kappa shape index (κ2) is 6.52. The van der Waals surface area contributed by atoms with E-state index in [9.17, 15) is 0 Å². The molecule has 1 heteroatoms. The first kappa shape index (κ1) is 16.5. The normalized spacial score (nSPS) is 23.6. The van der Waals surface area contributed by atoms with E-state index < -0.39 is 0 Å². The van der Waals surface area contributed by atoms with Crippen LogP contribution in [0.15, 0.2) is 18.2 Å². The largest absolute Gasteiger partial charge is 0.306 e. The Labute approximate surface area is 131 Å². The van der Waals surface area contributed by atoms with Crippen LogP contribution in [-0.4, -0.2) is 25.0 Å². The zero-order chi connectivity index (χ0) is 15.6. The van der Waals surface area contributed by atoms with E-state index >= 15 is 0 Å². The van der Waals surface area contributed by atoms with Crippen LogP contribution >= 0.6 is 0 Å². The third-order valence-electron chi connectivity index (χ3n) is 5.27. The summed E-state index contributed by atoms with van der Waals surface area (Å²) < 4.78 is 0. The molecule has 2 rings (SSSR count). The standard InChI is InChI=1S/C20H33N/c1-15-7-10-18(20(2,3)4)14-17(15)13-16-8-11-19(12-9-16)21(5)6/h7,10,14,16,19H,8-9,11-13H2,1-6H3. The molecule has 0 atom stereocenters. The van der Waals surface area contributed by atoms with Crippen molar-refractivity contribution in [1.29, 1.82) is 0 Å². The molecule has 0 bridgehead atoms. The van der Waals surface area contributed by atoms with E-state index in [0.717, 1.165) is 12.0 Å². The van der Waals surface area contributed by atoms with Gasteiger partial charge in [-0.1, -0.05) is 39.0 Å². The number of aryl methyl sites for hydroxylation is 1. The fraction of sp³-hybridized carbons (Fsp3) is 0.700. The second-order valence-corrected chi connectivity index (χ2v) is 8.23. The van der Waals surface area contributed by atoms with Crippen molar-refractivity contribution >= 4 is 0 Å². The molecular formula is C20H33N. The first-order chi connectivity index (χ1) is 9.77. The van der Waals surface area contributed by atoms with Crippen LogP contribution in [0, 0.1) is 12.8 Å². The number of hydrogen-bond donors (Lipinski definition) is 0. The second-order valence-electron chi connectivity index (χ2n) is 8.23. The highest BCUT2D eigenvalue weighted by Crippen LogP contribution is 2.31. The molecule has 0 unspecified atom stereocenters. The fourth-order valence-electron chi connectivity index (χ4n) is 3.53. The molecule has 0 saturated heterocycles. The van der Waals surface area contributed by atoms with E-state index in [4.69, 9.17) is 0 Å². The van der Waals surface area contributed by atoms with Gasteiger partial charge in [-0.3, -0.25) is 0 Å². The highest BCUT2D eigenvalue weighted by atomic mass is 15.1. The SMILES string of the molecule is Cc1ccc(C(C)(C)C)cc1CC1CCC(N(C)C)CC1. The number of benzene rings is 1. The topological polar surface area (TPSA) is 3.24 Å². The Morgan fingerprint density at radius 2 is 1.67 bits per heavy atom. The molecule has 1 aliphatic rings. The van der Waals surface area contributed by atoms with Gasteiger partial charge in [0, 0.05) is 6.04 Å². The molecule has 1 aliphatic carbocycles. The van der Waals surface area contributed by atoms with Crippen LogP contribution in [0.1, 0.15) is 63.1 Å². The molecule has 118 valence electrons. The lowest BCUT2D eigenvalue weighted by Crippen LogP contribution is -2.32. The van der Waals surface area contributed by atoms with Crippen molar-refractivity contribution in [3.8, 4) is 0 Å². The Bertz CT molecular complexity index is 459. The minimum absolute atomic E-state index is 0.255. The van der Waals surface area contributed by atoms with Crippen molar-refractivity contribution < 1.29 is 0 Å². The summed E-state index contributed by atoms with van der Waals surface area (Å²) >= 11 is 0. The predicted molar refractivity (Wildman–Crippen MR) is 93.0 cm³/mol. The summed E-state index contributed by atoms with van der Waals surface area (Å²) in [5.41, 5.74) is 4.78. The third-order valence-corrected chi connectivity index (χ3v) is 5.27. The molecule has 0 spiro atoms. The van der Waals surface area contributed by atoms with Gasteiger partial charge in [-0.05, 0) is 81.1 Å². The molecule has 21 heavy (non-hydrogen) atoms. The molecule has 1 aromatic carbocycles. The minimum Gasteiger partial charge on any atom is -0.306 e. The Morgan fingerprint density at radius 1 is 1.05 bits per heavy atom. The highest BCUT2D eigenvalue weighted by molar-refractivity contribution is 5.34. The van der Waals surface area contributed by atoms with Crippen molar-refractivity contribution in [2.24, 2.45) is 5.92 Å². The van der Waals surface area contributed by atoms with Crippen molar-refractivity contribution in [2.45, 2.75) is 71.3 Å². The van der Waals surface area contributed by atoms with E-state index in [1.54, 1.807) is 5.56 Å². The van der Waals surface area contributed by atoms with Crippen LogP contribution < -0.4 is 0 Å². The van der Waals surface area contributed by atoms with Crippen molar-refractivity contribution in [1.82, 2.24) is 4.90 Å². The van der Waals surface area contributed by atoms with Crippen LogP contribution in [-0.2, 0) is 11.8 Å². The van der Waals surface area contributed by atoms with Crippen molar-refractivity contribution in [3.05, 3.63) is 34.9 Å². The van der Waals surface area contributed by atoms with Gasteiger partial charge < -0.3 is 4.90 Å². The Kier molecular flexibility index (Phi) is 5.14. The third kappa shape index (κ3) is 4.32. The first-order valence-corrected chi connectivity index (χ1v) is 8.54. The summed E-state index contributed by atoms with van der Waals surface area (Å²) in [6, 6.07) is 7.90. The summed E-state index contributed by atoms with van der Waals surface area (Å²) in [4.78, 5) is 2.40. The molecule has 0 radical (unpaired) electrons. The van der Waals surface area contributed by atoms with E-state index in [1.165, 1.54) is 43.2 Å². The lowest BCUT2D eigenvalue weighted by Gasteiger charge is -2.33. The van der Waals surface area contributed by atoms with Gasteiger partial charge in [0.15, 0.2) is 0 Å².